The van der Waals surface area contributed by atoms with Crippen molar-refractivity contribution in [3.8, 4) is 0 Å². The number of esters is 1. The van der Waals surface area contributed by atoms with Crippen LogP contribution in [-0.4, -0.2) is 77.6 Å². The molecule has 0 aromatic carbocycles. The molecular formula is C12H22N4O5. The van der Waals surface area contributed by atoms with E-state index < -0.39 is 23.7 Å². The van der Waals surface area contributed by atoms with Gasteiger partial charge in [0.25, 0.3) is 0 Å². The van der Waals surface area contributed by atoms with Gasteiger partial charge in [0, 0.05) is 20.6 Å². The number of nitrogens with one attached hydrogen (secondary N) is 1. The minimum atomic E-state index is -0.874. The second-order valence-electron chi connectivity index (χ2n) is 5.30. The Balaban J connectivity index is 2.96. The highest BCUT2D eigenvalue weighted by molar-refractivity contribution is 5.81. The van der Waals surface area contributed by atoms with Crippen LogP contribution in [0.4, 0.5) is 9.59 Å². The number of likely N-dealkylation sites (N-methyl/N-ethyl adjacent to an activating group) is 1. The van der Waals surface area contributed by atoms with Crippen LogP contribution in [0.5, 0.6) is 0 Å². The summed E-state index contributed by atoms with van der Waals surface area (Å²) in [4.78, 5) is 37.8. The largest absolute Gasteiger partial charge is 0.469 e. The predicted octanol–water partition coefficient (Wildman–Crippen LogP) is 0.0522. The van der Waals surface area contributed by atoms with Gasteiger partial charge in [-0.05, 0) is 13.8 Å². The molecule has 9 heteroatoms. The molecule has 0 aromatic heterocycles. The van der Waals surface area contributed by atoms with Crippen molar-refractivity contribution in [2.24, 2.45) is 0 Å². The Bertz CT molecular complexity index is 439. The number of rotatable bonds is 4. The van der Waals surface area contributed by atoms with E-state index in [0.717, 1.165) is 0 Å². The standard InChI is InChI=1S/C12H22N4O5/c1-12(2)9(16(20)10(18)13-3)14(4)11(19)15(12)7-6-8(17)21-5/h9,20H,6-7H2,1-5H3,(H,13,18)/t9-/m1/s1. The maximum absolute atomic E-state index is 12.3. The highest BCUT2D eigenvalue weighted by Crippen LogP contribution is 2.33. The summed E-state index contributed by atoms with van der Waals surface area (Å²) in [5.41, 5.74) is -0.874. The summed E-state index contributed by atoms with van der Waals surface area (Å²) in [6.45, 7) is 3.56. The summed E-state index contributed by atoms with van der Waals surface area (Å²) in [6.07, 6.45) is -0.833. The fourth-order valence-corrected chi connectivity index (χ4v) is 2.53. The summed E-state index contributed by atoms with van der Waals surface area (Å²) >= 11 is 0. The Labute approximate surface area is 123 Å². The van der Waals surface area contributed by atoms with Crippen LogP contribution < -0.4 is 5.32 Å². The van der Waals surface area contributed by atoms with Crippen LogP contribution in [0.15, 0.2) is 0 Å². The lowest BCUT2D eigenvalue weighted by Crippen LogP contribution is -2.58. The second-order valence-corrected chi connectivity index (χ2v) is 5.30. The molecule has 9 nitrogen and oxygen atoms in total. The second kappa shape index (κ2) is 6.17. The van der Waals surface area contributed by atoms with Gasteiger partial charge >= 0.3 is 18.0 Å². The van der Waals surface area contributed by atoms with Gasteiger partial charge in [-0.3, -0.25) is 10.0 Å². The average molecular weight is 302 g/mol. The number of carbonyl (C=O) groups excluding carboxylic acids is 3. The molecule has 0 radical (unpaired) electrons. The summed E-state index contributed by atoms with van der Waals surface area (Å²) in [5, 5.41) is 12.8. The van der Waals surface area contributed by atoms with Crippen molar-refractivity contribution in [3.05, 3.63) is 0 Å². The van der Waals surface area contributed by atoms with E-state index >= 15 is 0 Å². The van der Waals surface area contributed by atoms with E-state index in [4.69, 9.17) is 0 Å². The van der Waals surface area contributed by atoms with E-state index in [0.29, 0.717) is 5.06 Å². The maximum atomic E-state index is 12.3. The van der Waals surface area contributed by atoms with Crippen molar-refractivity contribution in [1.82, 2.24) is 20.2 Å². The highest BCUT2D eigenvalue weighted by atomic mass is 16.5. The van der Waals surface area contributed by atoms with Crippen LogP contribution in [0.25, 0.3) is 0 Å². The van der Waals surface area contributed by atoms with Gasteiger partial charge in [-0.25, -0.2) is 9.59 Å². The monoisotopic (exact) mass is 302 g/mol. The van der Waals surface area contributed by atoms with Crippen LogP contribution in [0.3, 0.4) is 0 Å². The van der Waals surface area contributed by atoms with E-state index in [-0.39, 0.29) is 19.0 Å². The first-order chi connectivity index (χ1) is 9.68. The SMILES string of the molecule is CNC(=O)N(O)[C@H]1N(C)C(=O)N(CCC(=O)OC)C1(C)C. The van der Waals surface area contributed by atoms with Gasteiger partial charge in [-0.2, -0.15) is 5.06 Å². The Hall–Kier alpha value is -2.03. The molecule has 1 saturated heterocycles. The normalized spacial score (nSPS) is 20.5. The number of carbonyl (C=O) groups is 3. The van der Waals surface area contributed by atoms with Gasteiger partial charge in [0.15, 0.2) is 6.17 Å². The molecule has 21 heavy (non-hydrogen) atoms. The molecule has 1 rings (SSSR count). The van der Waals surface area contributed by atoms with Crippen molar-refractivity contribution in [1.29, 1.82) is 0 Å². The third kappa shape index (κ3) is 3.02. The number of methoxy groups -OCH3 is 1. The van der Waals surface area contributed by atoms with Gasteiger partial charge in [0.05, 0.1) is 19.1 Å². The van der Waals surface area contributed by atoms with Crippen LogP contribution in [-0.2, 0) is 9.53 Å². The lowest BCUT2D eigenvalue weighted by molar-refractivity contribution is -0.141. The number of hydroxylamine groups is 2. The van der Waals surface area contributed by atoms with E-state index in [1.54, 1.807) is 13.8 Å². The molecule has 0 spiro atoms. The van der Waals surface area contributed by atoms with Gasteiger partial charge < -0.3 is 19.9 Å². The van der Waals surface area contributed by atoms with Crippen molar-refractivity contribution in [3.63, 3.8) is 0 Å². The number of hydrogen-bond acceptors (Lipinski definition) is 5. The summed E-state index contributed by atoms with van der Waals surface area (Å²) in [7, 11) is 4.14. The Morgan fingerprint density at radius 3 is 2.52 bits per heavy atom. The topological polar surface area (TPSA) is 102 Å². The molecule has 4 amide bonds. The van der Waals surface area contributed by atoms with Crippen molar-refractivity contribution < 1.29 is 24.3 Å². The minimum Gasteiger partial charge on any atom is -0.469 e. The minimum absolute atomic E-state index is 0.0393. The quantitative estimate of drug-likeness (QED) is 0.434. The van der Waals surface area contributed by atoms with Crippen LogP contribution >= 0.6 is 0 Å². The zero-order valence-corrected chi connectivity index (χ0v) is 12.9. The molecule has 2 N–H and O–H groups in total. The molecule has 0 aromatic rings. The van der Waals surface area contributed by atoms with E-state index in [9.17, 15) is 19.6 Å². The fraction of sp³-hybridized carbons (Fsp3) is 0.750. The molecule has 1 aliphatic rings. The fourth-order valence-electron chi connectivity index (χ4n) is 2.53. The van der Waals surface area contributed by atoms with Crippen molar-refractivity contribution in [2.75, 3.05) is 27.7 Å². The molecule has 0 aliphatic carbocycles. The molecular weight excluding hydrogens is 280 g/mol. The summed E-state index contributed by atoms with van der Waals surface area (Å²) in [5.74, 6) is -0.433. The number of nitrogens with zero attached hydrogens (tertiary/aromatic N) is 3. The smallest absolute Gasteiger partial charge is 0.342 e. The Morgan fingerprint density at radius 2 is 2.05 bits per heavy atom. The molecule has 1 fully saturated rings. The van der Waals surface area contributed by atoms with Gasteiger partial charge in [0.1, 0.15) is 0 Å². The molecule has 120 valence electrons. The number of amides is 4. The van der Waals surface area contributed by atoms with Gasteiger partial charge in [-0.1, -0.05) is 0 Å². The van der Waals surface area contributed by atoms with Crippen molar-refractivity contribution >= 4 is 18.0 Å². The van der Waals surface area contributed by atoms with Crippen LogP contribution in [0.1, 0.15) is 20.3 Å². The van der Waals surface area contributed by atoms with Gasteiger partial charge in [0.2, 0.25) is 0 Å². The summed E-state index contributed by atoms with van der Waals surface area (Å²) in [6, 6.07) is -1.10. The highest BCUT2D eigenvalue weighted by Gasteiger charge is 2.53. The molecule has 1 aliphatic heterocycles. The zero-order chi connectivity index (χ0) is 16.4. The number of urea groups is 2. The van der Waals surface area contributed by atoms with Crippen molar-refractivity contribution in [2.45, 2.75) is 32.0 Å². The third-order valence-electron chi connectivity index (χ3n) is 3.65. The first kappa shape index (κ1) is 17.0. The van der Waals surface area contributed by atoms with E-state index in [1.165, 1.54) is 31.0 Å². The van der Waals surface area contributed by atoms with E-state index in [2.05, 4.69) is 10.1 Å². The molecule has 1 atom stereocenters. The number of ether oxygens (including phenoxy) is 1. The third-order valence-corrected chi connectivity index (χ3v) is 3.65. The van der Waals surface area contributed by atoms with Gasteiger partial charge in [-0.15, -0.1) is 0 Å². The van der Waals surface area contributed by atoms with Crippen LogP contribution in [0, 0.1) is 0 Å². The Morgan fingerprint density at radius 1 is 1.48 bits per heavy atom. The molecule has 1 heterocycles. The van der Waals surface area contributed by atoms with Crippen LogP contribution in [0.2, 0.25) is 0 Å². The first-order valence-corrected chi connectivity index (χ1v) is 6.49. The average Bonchev–Trinajstić information content (AvgIpc) is 2.61. The molecule has 0 bridgehead atoms. The lowest BCUT2D eigenvalue weighted by Gasteiger charge is -2.37. The zero-order valence-electron chi connectivity index (χ0n) is 12.9. The maximum Gasteiger partial charge on any atom is 0.342 e. The molecule has 0 saturated carbocycles. The van der Waals surface area contributed by atoms with E-state index in [1.807, 2.05) is 0 Å². The predicted molar refractivity (Wildman–Crippen MR) is 72.4 cm³/mol. The number of hydrogen-bond donors (Lipinski definition) is 2. The lowest BCUT2D eigenvalue weighted by atomic mass is 10.00. The first-order valence-electron chi connectivity index (χ1n) is 6.49. The Kier molecular flexibility index (Phi) is 5.00. The summed E-state index contributed by atoms with van der Waals surface area (Å²) < 4.78 is 4.56. The molecule has 0 unspecified atom stereocenters.